The van der Waals surface area contributed by atoms with E-state index in [9.17, 15) is 0 Å². The fourth-order valence-electron chi connectivity index (χ4n) is 6.10. The maximum absolute atomic E-state index is 6.34. The molecule has 6 aromatic carbocycles. The smallest absolute Gasteiger partial charge is 0.183 e. The van der Waals surface area contributed by atoms with Crippen molar-refractivity contribution in [3.8, 4) is 45.4 Å². The highest BCUT2D eigenvalue weighted by Gasteiger charge is 2.19. The van der Waals surface area contributed by atoms with Crippen LogP contribution in [0.1, 0.15) is 0 Å². The average molecular weight is 577 g/mol. The normalized spacial score (nSPS) is 11.6. The molecule has 5 heteroatoms. The van der Waals surface area contributed by atoms with Gasteiger partial charge in [0.15, 0.2) is 17.5 Å². The number of furan rings is 1. The lowest BCUT2D eigenvalue weighted by atomic mass is 10.00. The van der Waals surface area contributed by atoms with Gasteiger partial charge < -0.3 is 4.42 Å². The second kappa shape index (κ2) is 10.2. The highest BCUT2D eigenvalue weighted by atomic mass is 16.3. The molecule has 0 spiro atoms. The number of hydrogen-bond acceptors (Lipinski definition) is 5. The summed E-state index contributed by atoms with van der Waals surface area (Å²) in [6, 6.07) is 47.8. The zero-order valence-corrected chi connectivity index (χ0v) is 24.1. The Morgan fingerprint density at radius 3 is 1.80 bits per heavy atom. The van der Waals surface area contributed by atoms with E-state index in [1.807, 2.05) is 54.6 Å². The Morgan fingerprint density at radius 2 is 1.02 bits per heavy atom. The molecule has 0 saturated carbocycles. The first-order valence-electron chi connectivity index (χ1n) is 14.9. The van der Waals surface area contributed by atoms with Crippen LogP contribution >= 0.6 is 0 Å². The van der Waals surface area contributed by atoms with E-state index >= 15 is 0 Å². The molecule has 0 amide bonds. The van der Waals surface area contributed by atoms with Crippen LogP contribution in [-0.4, -0.2) is 19.9 Å². The molecule has 0 aliphatic rings. The van der Waals surface area contributed by atoms with Crippen LogP contribution in [0.25, 0.3) is 88.9 Å². The number of hydrogen-bond donors (Lipinski definition) is 0. The van der Waals surface area contributed by atoms with Gasteiger partial charge in [0.05, 0.1) is 5.39 Å². The summed E-state index contributed by atoms with van der Waals surface area (Å²) in [4.78, 5) is 19.9. The molecule has 0 aliphatic heterocycles. The first kappa shape index (κ1) is 25.3. The molecular formula is C40H24N4O. The average Bonchev–Trinajstić information content (AvgIpc) is 3.48. The van der Waals surface area contributed by atoms with Gasteiger partial charge in [-0.05, 0) is 63.0 Å². The minimum Gasteiger partial charge on any atom is -0.456 e. The third-order valence-corrected chi connectivity index (χ3v) is 8.33. The van der Waals surface area contributed by atoms with E-state index < -0.39 is 0 Å². The van der Waals surface area contributed by atoms with Gasteiger partial charge in [-0.3, -0.25) is 4.98 Å². The van der Waals surface area contributed by atoms with E-state index in [2.05, 4.69) is 84.9 Å². The van der Waals surface area contributed by atoms with Crippen molar-refractivity contribution >= 4 is 43.5 Å². The van der Waals surface area contributed by atoms with Gasteiger partial charge in [-0.1, -0.05) is 109 Å². The van der Waals surface area contributed by atoms with Crippen molar-refractivity contribution in [1.82, 2.24) is 19.9 Å². The standard InChI is InChI=1S/C40H24N4O/c1-3-9-25(10-4-1)30-17-15-26-16-18-31(22-32(26)21-30)39-42-38(27-11-5-2-6-12-27)43-40(44-39)37-36-33-23-28-13-7-8-14-29(28)24-35(33)45-34(36)19-20-41-37/h1-24H. The number of aromatic nitrogens is 4. The van der Waals surface area contributed by atoms with Gasteiger partial charge in [-0.25, -0.2) is 15.0 Å². The summed E-state index contributed by atoms with van der Waals surface area (Å²) < 4.78 is 6.34. The molecule has 0 saturated heterocycles. The van der Waals surface area contributed by atoms with E-state index in [1.54, 1.807) is 6.20 Å². The fourth-order valence-corrected chi connectivity index (χ4v) is 6.10. The van der Waals surface area contributed by atoms with Crippen LogP contribution in [-0.2, 0) is 0 Å². The van der Waals surface area contributed by atoms with Crippen LogP contribution in [0, 0.1) is 0 Å². The van der Waals surface area contributed by atoms with Crippen molar-refractivity contribution in [1.29, 1.82) is 0 Å². The molecule has 45 heavy (non-hydrogen) atoms. The quantitative estimate of drug-likeness (QED) is 0.209. The zero-order valence-electron chi connectivity index (χ0n) is 24.1. The van der Waals surface area contributed by atoms with Crippen LogP contribution in [0.4, 0.5) is 0 Å². The lowest BCUT2D eigenvalue weighted by Gasteiger charge is -2.10. The van der Waals surface area contributed by atoms with E-state index in [0.717, 1.165) is 60.2 Å². The lowest BCUT2D eigenvalue weighted by Crippen LogP contribution is -2.01. The maximum Gasteiger partial charge on any atom is 0.183 e. The van der Waals surface area contributed by atoms with Crippen LogP contribution in [0.5, 0.6) is 0 Å². The van der Waals surface area contributed by atoms with Crippen LogP contribution in [0.15, 0.2) is 150 Å². The van der Waals surface area contributed by atoms with E-state index in [1.165, 1.54) is 5.56 Å². The summed E-state index contributed by atoms with van der Waals surface area (Å²) in [5.74, 6) is 1.67. The molecule has 0 atom stereocenters. The Labute approximate surface area is 258 Å². The third kappa shape index (κ3) is 4.41. The summed E-state index contributed by atoms with van der Waals surface area (Å²) in [7, 11) is 0. The minimum atomic E-state index is 0.499. The van der Waals surface area contributed by atoms with E-state index in [-0.39, 0.29) is 0 Å². The van der Waals surface area contributed by atoms with Gasteiger partial charge in [0.1, 0.15) is 16.9 Å². The summed E-state index contributed by atoms with van der Waals surface area (Å²) in [5, 5.41) is 6.40. The molecule has 0 unspecified atom stereocenters. The molecule has 3 heterocycles. The van der Waals surface area contributed by atoms with Gasteiger partial charge in [-0.2, -0.15) is 0 Å². The fraction of sp³-hybridized carbons (Fsp3) is 0. The maximum atomic E-state index is 6.34. The number of fused-ring (bicyclic) bond motifs is 5. The Bertz CT molecular complexity index is 2540. The number of benzene rings is 6. The number of nitrogens with zero attached hydrogens (tertiary/aromatic N) is 4. The van der Waals surface area contributed by atoms with Crippen molar-refractivity contribution in [3.63, 3.8) is 0 Å². The van der Waals surface area contributed by atoms with Crippen molar-refractivity contribution in [2.75, 3.05) is 0 Å². The molecule has 9 rings (SSSR count). The second-order valence-corrected chi connectivity index (χ2v) is 11.1. The number of rotatable bonds is 4. The predicted molar refractivity (Wildman–Crippen MR) is 182 cm³/mol. The predicted octanol–water partition coefficient (Wildman–Crippen LogP) is 10.1. The van der Waals surface area contributed by atoms with Crippen molar-refractivity contribution in [2.24, 2.45) is 0 Å². The molecule has 210 valence electrons. The Kier molecular flexibility index (Phi) is 5.74. The molecule has 0 fully saturated rings. The minimum absolute atomic E-state index is 0.499. The van der Waals surface area contributed by atoms with Crippen LogP contribution < -0.4 is 0 Å². The van der Waals surface area contributed by atoms with Gasteiger partial charge in [0.25, 0.3) is 0 Å². The Morgan fingerprint density at radius 1 is 0.400 bits per heavy atom. The van der Waals surface area contributed by atoms with Crippen molar-refractivity contribution < 1.29 is 4.42 Å². The van der Waals surface area contributed by atoms with Gasteiger partial charge in [-0.15, -0.1) is 0 Å². The van der Waals surface area contributed by atoms with Crippen LogP contribution in [0.2, 0.25) is 0 Å². The molecular weight excluding hydrogens is 552 g/mol. The topological polar surface area (TPSA) is 64.7 Å². The summed E-state index contributed by atoms with van der Waals surface area (Å²) in [6.07, 6.45) is 1.76. The molecule has 5 nitrogen and oxygen atoms in total. The van der Waals surface area contributed by atoms with Crippen molar-refractivity contribution in [2.45, 2.75) is 0 Å². The van der Waals surface area contributed by atoms with E-state index in [0.29, 0.717) is 23.2 Å². The summed E-state index contributed by atoms with van der Waals surface area (Å²) >= 11 is 0. The molecule has 3 aromatic heterocycles. The van der Waals surface area contributed by atoms with Gasteiger partial charge in [0.2, 0.25) is 0 Å². The Balaban J connectivity index is 1.26. The van der Waals surface area contributed by atoms with Gasteiger partial charge in [0, 0.05) is 22.7 Å². The first-order chi connectivity index (χ1) is 22.3. The largest absolute Gasteiger partial charge is 0.456 e. The Hall–Kier alpha value is -6.20. The third-order valence-electron chi connectivity index (χ3n) is 8.33. The molecule has 0 radical (unpaired) electrons. The zero-order chi connectivity index (χ0) is 29.7. The van der Waals surface area contributed by atoms with E-state index in [4.69, 9.17) is 24.4 Å². The highest BCUT2D eigenvalue weighted by molar-refractivity contribution is 6.14. The molecule has 0 bridgehead atoms. The summed E-state index contributed by atoms with van der Waals surface area (Å²) in [5.41, 5.74) is 6.37. The van der Waals surface area contributed by atoms with Gasteiger partial charge >= 0.3 is 0 Å². The monoisotopic (exact) mass is 576 g/mol. The SMILES string of the molecule is c1ccc(-c2ccc3ccc(-c4nc(-c5ccccc5)nc(-c5nccc6oc7cc8ccccc8cc7c56)n4)cc3c2)cc1. The number of pyridine rings is 1. The molecule has 0 aliphatic carbocycles. The molecule has 0 N–H and O–H groups in total. The highest BCUT2D eigenvalue weighted by Crippen LogP contribution is 2.37. The lowest BCUT2D eigenvalue weighted by molar-refractivity contribution is 0.669. The molecule has 9 aromatic rings. The van der Waals surface area contributed by atoms with Crippen molar-refractivity contribution in [3.05, 3.63) is 146 Å². The summed E-state index contributed by atoms with van der Waals surface area (Å²) in [6.45, 7) is 0. The first-order valence-corrected chi connectivity index (χ1v) is 14.9. The van der Waals surface area contributed by atoms with Crippen LogP contribution in [0.3, 0.4) is 0 Å². The second-order valence-electron chi connectivity index (χ2n) is 11.1.